The molecule has 0 aromatic heterocycles. The second-order valence-electron chi connectivity index (χ2n) is 5.13. The minimum absolute atomic E-state index is 0.0499. The number of nitrogens with one attached hydrogen (secondary N) is 1. The lowest BCUT2D eigenvalue weighted by Crippen LogP contribution is -2.29. The Balaban J connectivity index is 2.24. The van der Waals surface area contributed by atoms with Crippen LogP contribution in [0.3, 0.4) is 0 Å². The number of thioether (sulfide) groups is 1. The third-order valence-electron chi connectivity index (χ3n) is 3.62. The minimum atomic E-state index is 0.0499. The molecule has 0 amide bonds. The molecule has 0 aliphatic carbocycles. The minimum Gasteiger partial charge on any atom is -0.335 e. The summed E-state index contributed by atoms with van der Waals surface area (Å²) in [6.45, 7) is 6.42. The number of hydrogen-bond donors (Lipinski definition) is 1. The zero-order valence-corrected chi connectivity index (χ0v) is 12.5. The molecule has 1 aromatic rings. The first-order valence-corrected chi connectivity index (χ1v) is 7.55. The topological polar surface area (TPSA) is 48.2 Å². The Bertz CT molecular complexity index is 545. The SMILES string of the molecule is CCC1(C)CCSC(Nc2cc(C#N)ccc2C)=N1. The van der Waals surface area contributed by atoms with Crippen LogP contribution >= 0.6 is 11.8 Å². The molecule has 3 nitrogen and oxygen atoms in total. The number of nitriles is 1. The van der Waals surface area contributed by atoms with Crippen molar-refractivity contribution in [3.8, 4) is 6.07 Å². The molecular weight excluding hydrogens is 254 g/mol. The number of benzene rings is 1. The van der Waals surface area contributed by atoms with Crippen LogP contribution in [0.1, 0.15) is 37.8 Å². The molecule has 1 heterocycles. The third-order valence-corrected chi connectivity index (χ3v) is 4.50. The number of nitrogens with zero attached hydrogens (tertiary/aromatic N) is 2. The van der Waals surface area contributed by atoms with E-state index in [1.54, 1.807) is 11.8 Å². The standard InChI is InChI=1S/C15H19N3S/c1-4-15(3)7-8-19-14(18-15)17-13-9-12(10-16)6-5-11(13)2/h5-6,9H,4,7-8H2,1-3H3,(H,17,18). The summed E-state index contributed by atoms with van der Waals surface area (Å²) >= 11 is 1.75. The molecule has 0 bridgehead atoms. The van der Waals surface area contributed by atoms with Crippen LogP contribution in [0, 0.1) is 18.3 Å². The van der Waals surface area contributed by atoms with Gasteiger partial charge >= 0.3 is 0 Å². The van der Waals surface area contributed by atoms with Gasteiger partial charge in [-0.05, 0) is 44.4 Å². The maximum atomic E-state index is 8.97. The van der Waals surface area contributed by atoms with Gasteiger partial charge < -0.3 is 5.32 Å². The number of amidine groups is 1. The van der Waals surface area contributed by atoms with E-state index in [4.69, 9.17) is 10.3 Å². The second-order valence-corrected chi connectivity index (χ2v) is 6.22. The van der Waals surface area contributed by atoms with E-state index in [9.17, 15) is 0 Å². The lowest BCUT2D eigenvalue weighted by atomic mass is 9.97. The maximum absolute atomic E-state index is 8.97. The normalized spacial score (nSPS) is 22.5. The monoisotopic (exact) mass is 273 g/mol. The molecule has 1 aliphatic rings. The van der Waals surface area contributed by atoms with Gasteiger partial charge in [-0.2, -0.15) is 5.26 Å². The fraction of sp³-hybridized carbons (Fsp3) is 0.467. The first-order chi connectivity index (χ1) is 9.06. The number of anilines is 1. The van der Waals surface area contributed by atoms with E-state index in [-0.39, 0.29) is 5.54 Å². The summed E-state index contributed by atoms with van der Waals surface area (Å²) < 4.78 is 0. The zero-order valence-electron chi connectivity index (χ0n) is 11.7. The lowest BCUT2D eigenvalue weighted by molar-refractivity contribution is 0.443. The van der Waals surface area contributed by atoms with Crippen molar-refractivity contribution >= 4 is 22.6 Å². The van der Waals surface area contributed by atoms with Crippen LogP contribution in [0.25, 0.3) is 0 Å². The molecule has 1 aliphatic heterocycles. The van der Waals surface area contributed by atoms with Crippen molar-refractivity contribution in [1.82, 2.24) is 0 Å². The van der Waals surface area contributed by atoms with Crippen LogP contribution in [0.15, 0.2) is 23.2 Å². The lowest BCUT2D eigenvalue weighted by Gasteiger charge is -2.29. The summed E-state index contributed by atoms with van der Waals surface area (Å²) in [6, 6.07) is 7.86. The van der Waals surface area contributed by atoms with E-state index < -0.39 is 0 Å². The summed E-state index contributed by atoms with van der Waals surface area (Å²) in [4.78, 5) is 4.81. The van der Waals surface area contributed by atoms with E-state index in [0.717, 1.165) is 35.0 Å². The highest BCUT2D eigenvalue weighted by Gasteiger charge is 2.26. The van der Waals surface area contributed by atoms with Crippen molar-refractivity contribution in [3.05, 3.63) is 29.3 Å². The first-order valence-electron chi connectivity index (χ1n) is 6.57. The van der Waals surface area contributed by atoms with Gasteiger partial charge in [0, 0.05) is 11.4 Å². The van der Waals surface area contributed by atoms with Crippen molar-refractivity contribution < 1.29 is 0 Å². The van der Waals surface area contributed by atoms with Crippen LogP contribution in [-0.4, -0.2) is 16.5 Å². The Kier molecular flexibility index (Phi) is 4.16. The summed E-state index contributed by atoms with van der Waals surface area (Å²) in [5.41, 5.74) is 2.83. The van der Waals surface area contributed by atoms with Crippen molar-refractivity contribution in [2.75, 3.05) is 11.1 Å². The summed E-state index contributed by atoms with van der Waals surface area (Å²) in [5, 5.41) is 13.3. The summed E-state index contributed by atoms with van der Waals surface area (Å²) in [7, 11) is 0. The summed E-state index contributed by atoms with van der Waals surface area (Å²) in [5.74, 6) is 1.09. The van der Waals surface area contributed by atoms with E-state index in [1.807, 2.05) is 25.1 Å². The molecule has 100 valence electrons. The average molecular weight is 273 g/mol. The average Bonchev–Trinajstić information content (AvgIpc) is 2.41. The van der Waals surface area contributed by atoms with Crippen LogP contribution in [-0.2, 0) is 0 Å². The molecule has 19 heavy (non-hydrogen) atoms. The molecule has 1 unspecified atom stereocenters. The number of aliphatic imine (C=N–C) groups is 1. The van der Waals surface area contributed by atoms with Gasteiger partial charge in [0.2, 0.25) is 0 Å². The van der Waals surface area contributed by atoms with Crippen molar-refractivity contribution in [1.29, 1.82) is 5.26 Å². The Morgan fingerprint density at radius 3 is 3.00 bits per heavy atom. The number of aryl methyl sites for hydroxylation is 1. The van der Waals surface area contributed by atoms with Gasteiger partial charge in [0.25, 0.3) is 0 Å². The fourth-order valence-electron chi connectivity index (χ4n) is 1.96. The van der Waals surface area contributed by atoms with Gasteiger partial charge in [-0.3, -0.25) is 4.99 Å². The van der Waals surface area contributed by atoms with Gasteiger partial charge in [0.15, 0.2) is 5.17 Å². The van der Waals surface area contributed by atoms with Gasteiger partial charge in [-0.25, -0.2) is 0 Å². The molecule has 2 rings (SSSR count). The van der Waals surface area contributed by atoms with Crippen molar-refractivity contribution in [3.63, 3.8) is 0 Å². The number of hydrogen-bond acceptors (Lipinski definition) is 4. The quantitative estimate of drug-likeness (QED) is 0.887. The fourth-order valence-corrected chi connectivity index (χ4v) is 3.16. The Hall–Kier alpha value is -1.47. The molecule has 1 N–H and O–H groups in total. The highest BCUT2D eigenvalue weighted by Crippen LogP contribution is 2.30. The maximum Gasteiger partial charge on any atom is 0.161 e. The molecule has 0 saturated heterocycles. The van der Waals surface area contributed by atoms with Crippen molar-refractivity contribution in [2.45, 2.75) is 39.2 Å². The van der Waals surface area contributed by atoms with E-state index >= 15 is 0 Å². The molecule has 4 heteroatoms. The Morgan fingerprint density at radius 1 is 1.53 bits per heavy atom. The number of rotatable bonds is 2. The van der Waals surface area contributed by atoms with Gasteiger partial charge in [0.1, 0.15) is 0 Å². The van der Waals surface area contributed by atoms with E-state index in [2.05, 4.69) is 25.2 Å². The molecule has 0 spiro atoms. The summed E-state index contributed by atoms with van der Waals surface area (Å²) in [6.07, 6.45) is 2.17. The molecule has 0 saturated carbocycles. The van der Waals surface area contributed by atoms with E-state index in [0.29, 0.717) is 5.56 Å². The first kappa shape index (κ1) is 14.0. The smallest absolute Gasteiger partial charge is 0.161 e. The van der Waals surface area contributed by atoms with Gasteiger partial charge in [-0.15, -0.1) is 0 Å². The molecule has 1 aromatic carbocycles. The highest BCUT2D eigenvalue weighted by atomic mass is 32.2. The molecule has 0 radical (unpaired) electrons. The van der Waals surface area contributed by atoms with Crippen LogP contribution in [0.5, 0.6) is 0 Å². The van der Waals surface area contributed by atoms with Crippen LogP contribution in [0.4, 0.5) is 5.69 Å². The van der Waals surface area contributed by atoms with Gasteiger partial charge in [-0.1, -0.05) is 24.8 Å². The predicted molar refractivity (Wildman–Crippen MR) is 82.7 cm³/mol. The largest absolute Gasteiger partial charge is 0.335 e. The van der Waals surface area contributed by atoms with E-state index in [1.165, 1.54) is 0 Å². The molecule has 1 atom stereocenters. The molecule has 0 fully saturated rings. The second kappa shape index (κ2) is 5.66. The Morgan fingerprint density at radius 2 is 2.32 bits per heavy atom. The predicted octanol–water partition coefficient (Wildman–Crippen LogP) is 3.94. The van der Waals surface area contributed by atoms with Crippen LogP contribution < -0.4 is 5.32 Å². The third kappa shape index (κ3) is 3.30. The Labute approximate surface area is 119 Å². The highest BCUT2D eigenvalue weighted by molar-refractivity contribution is 8.14. The zero-order chi connectivity index (χ0) is 13.9. The molecular formula is C15H19N3S. The van der Waals surface area contributed by atoms with Crippen molar-refractivity contribution in [2.24, 2.45) is 4.99 Å². The van der Waals surface area contributed by atoms with Crippen LogP contribution in [0.2, 0.25) is 0 Å². The van der Waals surface area contributed by atoms with Gasteiger partial charge in [0.05, 0.1) is 17.2 Å².